The van der Waals surface area contributed by atoms with Crippen LogP contribution in [0.15, 0.2) is 11.6 Å². The summed E-state index contributed by atoms with van der Waals surface area (Å²) >= 11 is 5.13. The van der Waals surface area contributed by atoms with E-state index < -0.39 is 0 Å². The second-order valence-electron chi connectivity index (χ2n) is 4.98. The smallest absolute Gasteiger partial charge is 0.249 e. The molecule has 5 nitrogen and oxygen atoms in total. The van der Waals surface area contributed by atoms with E-state index in [9.17, 15) is 4.79 Å². The Hall–Kier alpha value is -1.43. The fourth-order valence-corrected chi connectivity index (χ4v) is 2.58. The van der Waals surface area contributed by atoms with Gasteiger partial charge in [0.25, 0.3) is 0 Å². The molecule has 0 aliphatic carbocycles. The van der Waals surface area contributed by atoms with Gasteiger partial charge in [-0.1, -0.05) is 6.08 Å². The van der Waals surface area contributed by atoms with E-state index in [2.05, 4.69) is 10.2 Å². The minimum atomic E-state index is 0.149. The van der Waals surface area contributed by atoms with E-state index in [1.54, 1.807) is 0 Å². The molecule has 0 spiro atoms. The third-order valence-electron chi connectivity index (χ3n) is 3.83. The number of H-pyrrole nitrogens is 1. The van der Waals surface area contributed by atoms with Crippen molar-refractivity contribution in [2.45, 2.75) is 32.6 Å². The van der Waals surface area contributed by atoms with Gasteiger partial charge in [-0.2, -0.15) is 5.10 Å². The van der Waals surface area contributed by atoms with Gasteiger partial charge < -0.3 is 9.47 Å². The number of carbonyl (C=O) groups excluding carboxylic acids is 1. The molecule has 0 saturated carbocycles. The molecule has 2 rings (SSSR count). The average Bonchev–Trinajstić information content (AvgIpc) is 2.77. The molecule has 0 radical (unpaired) electrons. The van der Waals surface area contributed by atoms with Gasteiger partial charge in [0.05, 0.1) is 0 Å². The SMILES string of the molecule is C/C=C(\C)C(=O)N1CCC(c2n[nH]c(=S)n2C)CC1. The standard InChI is InChI=1S/C13H20N4OS/c1-4-9(2)12(18)17-7-5-10(6-8-17)11-14-15-13(19)16(11)3/h4,10H,5-8H2,1-3H3,(H,15,19)/b9-4+. The lowest BCUT2D eigenvalue weighted by atomic mass is 9.95. The number of likely N-dealkylation sites (tertiary alicyclic amines) is 1. The van der Waals surface area contributed by atoms with Gasteiger partial charge in [-0.3, -0.25) is 9.89 Å². The number of rotatable bonds is 2. The second kappa shape index (κ2) is 5.69. The number of hydrogen-bond donors (Lipinski definition) is 1. The van der Waals surface area contributed by atoms with Crippen LogP contribution in [-0.4, -0.2) is 38.7 Å². The molecule has 1 aromatic heterocycles. The van der Waals surface area contributed by atoms with Gasteiger partial charge >= 0.3 is 0 Å². The minimum absolute atomic E-state index is 0.149. The summed E-state index contributed by atoms with van der Waals surface area (Å²) in [6.45, 7) is 5.34. The highest BCUT2D eigenvalue weighted by molar-refractivity contribution is 7.71. The van der Waals surface area contributed by atoms with Crippen LogP contribution < -0.4 is 0 Å². The summed E-state index contributed by atoms with van der Waals surface area (Å²) in [5.74, 6) is 1.53. The van der Waals surface area contributed by atoms with Crippen molar-refractivity contribution in [3.05, 3.63) is 22.2 Å². The van der Waals surface area contributed by atoms with Crippen LogP contribution in [0.25, 0.3) is 0 Å². The molecular formula is C13H20N4OS. The van der Waals surface area contributed by atoms with Crippen LogP contribution in [0.2, 0.25) is 0 Å². The van der Waals surface area contributed by atoms with Crippen molar-refractivity contribution in [3.8, 4) is 0 Å². The number of nitrogens with one attached hydrogen (secondary N) is 1. The molecule has 2 heterocycles. The minimum Gasteiger partial charge on any atom is -0.339 e. The molecule has 1 aromatic rings. The van der Waals surface area contributed by atoms with Crippen LogP contribution in [0.1, 0.15) is 38.4 Å². The summed E-state index contributed by atoms with van der Waals surface area (Å²) in [7, 11) is 1.93. The molecule has 1 aliphatic heterocycles. The average molecular weight is 280 g/mol. The highest BCUT2D eigenvalue weighted by atomic mass is 32.1. The molecule has 0 unspecified atom stereocenters. The lowest BCUT2D eigenvalue weighted by Gasteiger charge is -2.31. The Bertz CT molecular complexity index is 549. The number of carbonyl (C=O) groups is 1. The topological polar surface area (TPSA) is 53.9 Å². The van der Waals surface area contributed by atoms with Crippen LogP contribution in [0.3, 0.4) is 0 Å². The van der Waals surface area contributed by atoms with Gasteiger partial charge in [0, 0.05) is 31.6 Å². The third kappa shape index (κ3) is 2.78. The van der Waals surface area contributed by atoms with E-state index in [0.717, 1.165) is 37.3 Å². The predicted molar refractivity (Wildman–Crippen MR) is 76.4 cm³/mol. The summed E-state index contributed by atoms with van der Waals surface area (Å²) in [6.07, 6.45) is 3.75. The summed E-state index contributed by atoms with van der Waals surface area (Å²) < 4.78 is 2.58. The van der Waals surface area contributed by atoms with Gasteiger partial charge in [-0.25, -0.2) is 0 Å². The lowest BCUT2D eigenvalue weighted by molar-refractivity contribution is -0.128. The van der Waals surface area contributed by atoms with Gasteiger partial charge in [0.15, 0.2) is 4.77 Å². The van der Waals surface area contributed by atoms with Crippen molar-refractivity contribution in [1.29, 1.82) is 0 Å². The number of allylic oxidation sites excluding steroid dienone is 1. The maximum atomic E-state index is 12.1. The fourth-order valence-electron chi connectivity index (χ4n) is 2.44. The van der Waals surface area contributed by atoms with Crippen molar-refractivity contribution in [2.75, 3.05) is 13.1 Å². The Kier molecular flexibility index (Phi) is 4.19. The monoisotopic (exact) mass is 280 g/mol. The van der Waals surface area contributed by atoms with Crippen LogP contribution >= 0.6 is 12.2 Å². The van der Waals surface area contributed by atoms with Gasteiger partial charge in [-0.05, 0) is 38.9 Å². The number of amides is 1. The molecule has 1 amide bonds. The summed E-state index contributed by atoms with van der Waals surface area (Å²) in [5.41, 5.74) is 0.816. The van der Waals surface area contributed by atoms with Crippen LogP contribution in [0, 0.1) is 4.77 Å². The number of aromatic amines is 1. The van der Waals surface area contributed by atoms with E-state index >= 15 is 0 Å². The zero-order valence-electron chi connectivity index (χ0n) is 11.6. The molecule has 0 aromatic carbocycles. The summed E-state index contributed by atoms with van der Waals surface area (Å²) in [6, 6.07) is 0. The first-order valence-corrected chi connectivity index (χ1v) is 6.99. The number of hydrogen-bond acceptors (Lipinski definition) is 3. The van der Waals surface area contributed by atoms with E-state index in [0.29, 0.717) is 10.7 Å². The molecular weight excluding hydrogens is 260 g/mol. The number of nitrogens with zero attached hydrogens (tertiary/aromatic N) is 3. The van der Waals surface area contributed by atoms with E-state index in [-0.39, 0.29) is 5.91 Å². The lowest BCUT2D eigenvalue weighted by Crippen LogP contribution is -2.38. The maximum Gasteiger partial charge on any atom is 0.249 e. The van der Waals surface area contributed by atoms with Gasteiger partial charge in [0.2, 0.25) is 5.91 Å². The van der Waals surface area contributed by atoms with Crippen molar-refractivity contribution in [1.82, 2.24) is 19.7 Å². The second-order valence-corrected chi connectivity index (χ2v) is 5.37. The zero-order chi connectivity index (χ0) is 14.0. The highest BCUT2D eigenvalue weighted by Crippen LogP contribution is 2.26. The van der Waals surface area contributed by atoms with Crippen LogP contribution in [0.4, 0.5) is 0 Å². The van der Waals surface area contributed by atoms with Crippen molar-refractivity contribution in [2.24, 2.45) is 7.05 Å². The molecule has 0 bridgehead atoms. The van der Waals surface area contributed by atoms with Crippen molar-refractivity contribution in [3.63, 3.8) is 0 Å². The maximum absolute atomic E-state index is 12.1. The van der Waals surface area contributed by atoms with Gasteiger partial charge in [0.1, 0.15) is 5.82 Å². The molecule has 104 valence electrons. The Morgan fingerprint density at radius 2 is 2.11 bits per heavy atom. The first kappa shape index (κ1) is 14.0. The van der Waals surface area contributed by atoms with E-state index in [1.807, 2.05) is 36.4 Å². The molecule has 1 saturated heterocycles. The van der Waals surface area contributed by atoms with E-state index in [4.69, 9.17) is 12.2 Å². The van der Waals surface area contributed by atoms with Crippen LogP contribution in [0.5, 0.6) is 0 Å². The Morgan fingerprint density at radius 1 is 1.47 bits per heavy atom. The van der Waals surface area contributed by atoms with Crippen molar-refractivity contribution >= 4 is 18.1 Å². The molecule has 6 heteroatoms. The van der Waals surface area contributed by atoms with Crippen LogP contribution in [-0.2, 0) is 11.8 Å². The Morgan fingerprint density at radius 3 is 2.58 bits per heavy atom. The fraction of sp³-hybridized carbons (Fsp3) is 0.615. The Balaban J connectivity index is 2.02. The first-order valence-electron chi connectivity index (χ1n) is 6.58. The zero-order valence-corrected chi connectivity index (χ0v) is 12.5. The molecule has 1 aliphatic rings. The van der Waals surface area contributed by atoms with Crippen molar-refractivity contribution < 1.29 is 4.79 Å². The predicted octanol–water partition coefficient (Wildman–Crippen LogP) is 2.15. The number of aromatic nitrogens is 3. The van der Waals surface area contributed by atoms with Gasteiger partial charge in [-0.15, -0.1) is 0 Å². The normalized spacial score (nSPS) is 17.8. The summed E-state index contributed by atoms with van der Waals surface area (Å²) in [5, 5.41) is 7.11. The molecule has 19 heavy (non-hydrogen) atoms. The third-order valence-corrected chi connectivity index (χ3v) is 4.20. The number of piperidine rings is 1. The molecule has 1 fully saturated rings. The summed E-state index contributed by atoms with van der Waals surface area (Å²) in [4.78, 5) is 14.0. The molecule has 0 atom stereocenters. The highest BCUT2D eigenvalue weighted by Gasteiger charge is 2.26. The van der Waals surface area contributed by atoms with E-state index in [1.165, 1.54) is 0 Å². The quantitative estimate of drug-likeness (QED) is 0.667. The first-order chi connectivity index (χ1) is 9.04. The Labute approximate surface area is 118 Å². The largest absolute Gasteiger partial charge is 0.339 e. The molecule has 1 N–H and O–H groups in total.